The molecule has 1 N–H and O–H groups in total. The fourth-order valence-electron chi connectivity index (χ4n) is 2.24. The van der Waals surface area contributed by atoms with E-state index in [4.69, 9.17) is 9.47 Å². The van der Waals surface area contributed by atoms with Gasteiger partial charge in [-0.2, -0.15) is 0 Å². The van der Waals surface area contributed by atoms with Crippen molar-refractivity contribution in [1.82, 2.24) is 0 Å². The molecule has 4 heteroatoms. The molecule has 0 aromatic heterocycles. The summed E-state index contributed by atoms with van der Waals surface area (Å²) < 4.78 is 10.8. The van der Waals surface area contributed by atoms with E-state index in [0.717, 1.165) is 25.7 Å². The molecule has 0 radical (unpaired) electrons. The molecular weight excluding hydrogens is 280 g/mol. The molecule has 0 heterocycles. The normalized spacial score (nSPS) is 13.4. The summed E-state index contributed by atoms with van der Waals surface area (Å²) in [5.74, 6) is 0.812. The van der Waals surface area contributed by atoms with Crippen LogP contribution in [0.25, 0.3) is 0 Å². The van der Waals surface area contributed by atoms with Crippen LogP contribution in [0.15, 0.2) is 30.3 Å². The highest BCUT2D eigenvalue weighted by Crippen LogP contribution is 2.18. The molecule has 124 valence electrons. The number of esters is 1. The zero-order valence-electron chi connectivity index (χ0n) is 13.7. The Morgan fingerprint density at radius 1 is 1.23 bits per heavy atom. The smallest absolute Gasteiger partial charge is 0.306 e. The van der Waals surface area contributed by atoms with E-state index in [1.165, 1.54) is 0 Å². The first-order valence-electron chi connectivity index (χ1n) is 8.17. The minimum atomic E-state index is -0.614. The highest BCUT2D eigenvalue weighted by Gasteiger charge is 2.18. The lowest BCUT2D eigenvalue weighted by Crippen LogP contribution is -2.29. The van der Waals surface area contributed by atoms with Gasteiger partial charge in [0.15, 0.2) is 6.10 Å². The summed E-state index contributed by atoms with van der Waals surface area (Å²) in [5, 5.41) is 9.33. The predicted molar refractivity (Wildman–Crippen MR) is 86.8 cm³/mol. The van der Waals surface area contributed by atoms with Crippen molar-refractivity contribution < 1.29 is 19.4 Å². The molecule has 4 nitrogen and oxygen atoms in total. The van der Waals surface area contributed by atoms with Crippen LogP contribution in [0, 0.1) is 5.92 Å². The number of aliphatic hydroxyl groups excluding tert-OH is 1. The molecule has 0 aliphatic rings. The molecule has 0 saturated heterocycles. The van der Waals surface area contributed by atoms with Gasteiger partial charge >= 0.3 is 5.97 Å². The Labute approximate surface area is 133 Å². The number of hydrogen-bond acceptors (Lipinski definition) is 4. The molecule has 1 aromatic rings. The fourth-order valence-corrected chi connectivity index (χ4v) is 2.24. The van der Waals surface area contributed by atoms with Crippen molar-refractivity contribution in [3.63, 3.8) is 0 Å². The van der Waals surface area contributed by atoms with Crippen molar-refractivity contribution >= 4 is 5.97 Å². The Morgan fingerprint density at radius 2 is 1.95 bits per heavy atom. The Bertz CT molecular complexity index is 405. The van der Waals surface area contributed by atoms with Gasteiger partial charge in [0.05, 0.1) is 6.61 Å². The largest absolute Gasteiger partial charge is 0.490 e. The molecule has 2 atom stereocenters. The second-order valence-electron chi connectivity index (χ2n) is 5.54. The fraction of sp³-hybridized carbons (Fsp3) is 0.611. The lowest BCUT2D eigenvalue weighted by Gasteiger charge is -2.19. The van der Waals surface area contributed by atoms with Crippen molar-refractivity contribution in [2.45, 2.75) is 52.1 Å². The van der Waals surface area contributed by atoms with Gasteiger partial charge < -0.3 is 14.6 Å². The van der Waals surface area contributed by atoms with Gasteiger partial charge in [0, 0.05) is 6.42 Å². The van der Waals surface area contributed by atoms with Gasteiger partial charge in [-0.05, 0) is 24.5 Å². The molecule has 0 bridgehead atoms. The molecule has 0 aliphatic carbocycles. The highest BCUT2D eigenvalue weighted by molar-refractivity contribution is 5.69. The molecule has 2 unspecified atom stereocenters. The lowest BCUT2D eigenvalue weighted by molar-refractivity contribution is -0.154. The molecule has 0 amide bonds. The molecule has 22 heavy (non-hydrogen) atoms. The van der Waals surface area contributed by atoms with Gasteiger partial charge in [-0.3, -0.25) is 4.79 Å². The van der Waals surface area contributed by atoms with Crippen LogP contribution in [0.4, 0.5) is 0 Å². The van der Waals surface area contributed by atoms with E-state index in [9.17, 15) is 9.90 Å². The van der Waals surface area contributed by atoms with Gasteiger partial charge in [-0.1, -0.05) is 51.3 Å². The van der Waals surface area contributed by atoms with Crippen molar-refractivity contribution in [3.05, 3.63) is 30.3 Å². The number of carbonyl (C=O) groups is 1. The summed E-state index contributed by atoms with van der Waals surface area (Å²) in [6, 6.07) is 9.30. The van der Waals surface area contributed by atoms with E-state index in [2.05, 4.69) is 13.8 Å². The SMILES string of the molecule is CCCCC(CC)CC(=O)OC(CO)COc1ccccc1. The third kappa shape index (κ3) is 7.46. The van der Waals surface area contributed by atoms with Crippen LogP contribution in [0.1, 0.15) is 46.0 Å². The van der Waals surface area contributed by atoms with Crippen LogP contribution >= 0.6 is 0 Å². The Kier molecular flexibility index (Phi) is 9.31. The monoisotopic (exact) mass is 308 g/mol. The molecule has 0 spiro atoms. The van der Waals surface area contributed by atoms with Gasteiger partial charge in [0.1, 0.15) is 12.4 Å². The quantitative estimate of drug-likeness (QED) is 0.635. The van der Waals surface area contributed by atoms with Crippen LogP contribution in [-0.2, 0) is 9.53 Å². The van der Waals surface area contributed by atoms with Crippen LogP contribution < -0.4 is 4.74 Å². The second-order valence-corrected chi connectivity index (χ2v) is 5.54. The van der Waals surface area contributed by atoms with Crippen LogP contribution in [0.5, 0.6) is 5.75 Å². The molecule has 0 aliphatic heterocycles. The van der Waals surface area contributed by atoms with Crippen LogP contribution in [0.3, 0.4) is 0 Å². The summed E-state index contributed by atoms with van der Waals surface area (Å²) >= 11 is 0. The Balaban J connectivity index is 2.36. The van der Waals surface area contributed by atoms with Crippen molar-refractivity contribution in [2.75, 3.05) is 13.2 Å². The van der Waals surface area contributed by atoms with Crippen molar-refractivity contribution in [2.24, 2.45) is 5.92 Å². The second kappa shape index (κ2) is 11.1. The minimum absolute atomic E-state index is 0.165. The summed E-state index contributed by atoms with van der Waals surface area (Å²) in [4.78, 5) is 12.0. The summed E-state index contributed by atoms with van der Waals surface area (Å²) in [6.45, 7) is 4.17. The number of unbranched alkanes of at least 4 members (excludes halogenated alkanes) is 1. The van der Waals surface area contributed by atoms with E-state index < -0.39 is 6.10 Å². The first-order valence-corrected chi connectivity index (χ1v) is 8.17. The maximum atomic E-state index is 12.0. The summed E-state index contributed by atoms with van der Waals surface area (Å²) in [5.41, 5.74) is 0. The summed E-state index contributed by atoms with van der Waals surface area (Å²) in [6.07, 6.45) is 4.09. The number of para-hydroxylation sites is 1. The molecule has 1 rings (SSSR count). The van der Waals surface area contributed by atoms with E-state index in [1.54, 1.807) is 0 Å². The standard InChI is InChI=1S/C18H28O4/c1-3-5-9-15(4-2)12-18(20)22-17(13-19)14-21-16-10-7-6-8-11-16/h6-8,10-11,15,17,19H,3-5,9,12-14H2,1-2H3. The van der Waals surface area contributed by atoms with Gasteiger partial charge in [-0.25, -0.2) is 0 Å². The third-order valence-corrected chi connectivity index (χ3v) is 3.68. The van der Waals surface area contributed by atoms with Crippen LogP contribution in [0.2, 0.25) is 0 Å². The summed E-state index contributed by atoms with van der Waals surface area (Å²) in [7, 11) is 0. The average Bonchev–Trinajstić information content (AvgIpc) is 2.56. The molecule has 0 fully saturated rings. The average molecular weight is 308 g/mol. The van der Waals surface area contributed by atoms with Gasteiger partial charge in [-0.15, -0.1) is 0 Å². The maximum absolute atomic E-state index is 12.0. The number of hydrogen-bond donors (Lipinski definition) is 1. The molecular formula is C18H28O4. The van der Waals surface area contributed by atoms with E-state index in [-0.39, 0.29) is 19.2 Å². The van der Waals surface area contributed by atoms with Crippen LogP contribution in [-0.4, -0.2) is 30.4 Å². The van der Waals surface area contributed by atoms with E-state index >= 15 is 0 Å². The molecule has 0 saturated carbocycles. The predicted octanol–water partition coefficient (Wildman–Crippen LogP) is 3.58. The minimum Gasteiger partial charge on any atom is -0.490 e. The zero-order chi connectivity index (χ0) is 16.2. The van der Waals surface area contributed by atoms with E-state index in [1.807, 2.05) is 30.3 Å². The van der Waals surface area contributed by atoms with Gasteiger partial charge in [0.25, 0.3) is 0 Å². The number of ether oxygens (including phenoxy) is 2. The first-order chi connectivity index (χ1) is 10.7. The highest BCUT2D eigenvalue weighted by atomic mass is 16.6. The lowest BCUT2D eigenvalue weighted by atomic mass is 9.96. The number of benzene rings is 1. The maximum Gasteiger partial charge on any atom is 0.306 e. The Hall–Kier alpha value is -1.55. The molecule has 1 aromatic carbocycles. The number of aliphatic hydroxyl groups is 1. The zero-order valence-corrected chi connectivity index (χ0v) is 13.7. The van der Waals surface area contributed by atoms with Gasteiger partial charge in [0.2, 0.25) is 0 Å². The third-order valence-electron chi connectivity index (χ3n) is 3.68. The van der Waals surface area contributed by atoms with E-state index in [0.29, 0.717) is 18.1 Å². The first kappa shape index (κ1) is 18.5. The Morgan fingerprint density at radius 3 is 2.55 bits per heavy atom. The number of rotatable bonds is 11. The van der Waals surface area contributed by atoms with Crippen molar-refractivity contribution in [3.8, 4) is 5.75 Å². The van der Waals surface area contributed by atoms with Crippen molar-refractivity contribution in [1.29, 1.82) is 0 Å². The number of carbonyl (C=O) groups excluding carboxylic acids is 1. The topological polar surface area (TPSA) is 55.8 Å².